The first kappa shape index (κ1) is 15.4. The third-order valence-electron chi connectivity index (χ3n) is 3.38. The van der Waals surface area contributed by atoms with Gasteiger partial charge in [0, 0.05) is 0 Å². The number of unbranched alkanes of at least 4 members (excludes halogenated alkanes) is 2. The smallest absolute Gasteiger partial charge is 0.130 e. The van der Waals surface area contributed by atoms with Gasteiger partial charge in [0.05, 0.1) is 19.3 Å². The third kappa shape index (κ3) is 4.23. The molecule has 3 nitrogen and oxygen atoms in total. The van der Waals surface area contributed by atoms with Gasteiger partial charge in [0.2, 0.25) is 0 Å². The Morgan fingerprint density at radius 3 is 2.33 bits per heavy atom. The molecule has 21 heavy (non-hydrogen) atoms. The fourth-order valence-corrected chi connectivity index (χ4v) is 2.30. The van der Waals surface area contributed by atoms with Gasteiger partial charge in [0.15, 0.2) is 0 Å². The van der Waals surface area contributed by atoms with E-state index in [2.05, 4.69) is 12.1 Å². The molecule has 0 heterocycles. The first-order chi connectivity index (χ1) is 10.4. The molecule has 3 heteroatoms. The van der Waals surface area contributed by atoms with E-state index < -0.39 is 0 Å². The van der Waals surface area contributed by atoms with Gasteiger partial charge in [-0.15, -0.1) is 0 Å². The summed E-state index contributed by atoms with van der Waals surface area (Å²) in [7, 11) is 1.69. The number of rotatable bonds is 8. The Labute approximate surface area is 126 Å². The predicted molar refractivity (Wildman–Crippen MR) is 86.8 cm³/mol. The summed E-state index contributed by atoms with van der Waals surface area (Å²) < 4.78 is 11.4. The van der Waals surface area contributed by atoms with Crippen LogP contribution in [0.25, 0.3) is 11.1 Å². The number of nitrogens with two attached hydrogens (primary N) is 1. The van der Waals surface area contributed by atoms with E-state index in [4.69, 9.17) is 15.2 Å². The van der Waals surface area contributed by atoms with E-state index in [1.807, 2.05) is 36.4 Å². The van der Waals surface area contributed by atoms with Crippen LogP contribution in [0.1, 0.15) is 19.3 Å². The van der Waals surface area contributed by atoms with Gasteiger partial charge in [-0.25, -0.2) is 0 Å². The van der Waals surface area contributed by atoms with Crippen molar-refractivity contribution in [3.05, 3.63) is 48.5 Å². The van der Waals surface area contributed by atoms with E-state index >= 15 is 0 Å². The lowest BCUT2D eigenvalue weighted by atomic mass is 10.0. The fraction of sp³-hybridized carbons (Fsp3) is 0.333. The monoisotopic (exact) mass is 285 g/mol. The Morgan fingerprint density at radius 2 is 1.62 bits per heavy atom. The van der Waals surface area contributed by atoms with E-state index in [1.165, 1.54) is 0 Å². The SMILES string of the molecule is COc1cccc(OCCCCCN)c1-c1ccccc1. The van der Waals surface area contributed by atoms with Crippen LogP contribution in [0.2, 0.25) is 0 Å². The molecule has 0 amide bonds. The lowest BCUT2D eigenvalue weighted by molar-refractivity contribution is 0.305. The first-order valence-corrected chi connectivity index (χ1v) is 7.42. The molecule has 2 N–H and O–H groups in total. The second kappa shape index (κ2) is 8.32. The molecule has 112 valence electrons. The highest BCUT2D eigenvalue weighted by Gasteiger charge is 2.12. The Kier molecular flexibility index (Phi) is 6.10. The van der Waals surface area contributed by atoms with E-state index in [-0.39, 0.29) is 0 Å². The van der Waals surface area contributed by atoms with Crippen molar-refractivity contribution in [1.82, 2.24) is 0 Å². The zero-order valence-electron chi connectivity index (χ0n) is 12.5. The first-order valence-electron chi connectivity index (χ1n) is 7.42. The van der Waals surface area contributed by atoms with E-state index in [0.29, 0.717) is 6.61 Å². The van der Waals surface area contributed by atoms with Crippen LogP contribution in [0.5, 0.6) is 11.5 Å². The molecule has 0 spiro atoms. The van der Waals surface area contributed by atoms with Gasteiger partial charge in [0.1, 0.15) is 11.5 Å². The molecular formula is C18H23NO2. The number of hydrogen-bond acceptors (Lipinski definition) is 3. The summed E-state index contributed by atoms with van der Waals surface area (Å²) in [6.45, 7) is 1.45. The van der Waals surface area contributed by atoms with Crippen molar-refractivity contribution in [2.75, 3.05) is 20.3 Å². The van der Waals surface area contributed by atoms with Crippen molar-refractivity contribution in [1.29, 1.82) is 0 Å². The van der Waals surface area contributed by atoms with Crippen molar-refractivity contribution in [3.8, 4) is 22.6 Å². The van der Waals surface area contributed by atoms with Crippen LogP contribution in [0.4, 0.5) is 0 Å². The van der Waals surface area contributed by atoms with Crippen molar-refractivity contribution in [2.45, 2.75) is 19.3 Å². The van der Waals surface area contributed by atoms with E-state index in [1.54, 1.807) is 7.11 Å². The molecule has 0 atom stereocenters. The highest BCUT2D eigenvalue weighted by molar-refractivity contribution is 5.76. The minimum atomic E-state index is 0.701. The number of hydrogen-bond donors (Lipinski definition) is 1. The summed E-state index contributed by atoms with van der Waals surface area (Å²) in [5, 5.41) is 0. The van der Waals surface area contributed by atoms with Gasteiger partial charge in [-0.2, -0.15) is 0 Å². The largest absolute Gasteiger partial charge is 0.496 e. The van der Waals surface area contributed by atoms with Crippen LogP contribution >= 0.6 is 0 Å². The molecule has 0 radical (unpaired) electrons. The minimum absolute atomic E-state index is 0.701. The average molecular weight is 285 g/mol. The third-order valence-corrected chi connectivity index (χ3v) is 3.38. The maximum Gasteiger partial charge on any atom is 0.130 e. The zero-order chi connectivity index (χ0) is 14.9. The Morgan fingerprint density at radius 1 is 0.857 bits per heavy atom. The molecule has 0 aliphatic heterocycles. The molecule has 0 aliphatic rings. The Balaban J connectivity index is 2.17. The molecule has 0 aliphatic carbocycles. The lowest BCUT2D eigenvalue weighted by Gasteiger charge is -2.15. The van der Waals surface area contributed by atoms with Gasteiger partial charge < -0.3 is 15.2 Å². The van der Waals surface area contributed by atoms with Crippen molar-refractivity contribution >= 4 is 0 Å². The quantitative estimate of drug-likeness (QED) is 0.749. The summed E-state index contributed by atoms with van der Waals surface area (Å²) in [6.07, 6.45) is 3.16. The van der Waals surface area contributed by atoms with Crippen LogP contribution in [0.15, 0.2) is 48.5 Å². The van der Waals surface area contributed by atoms with Crippen LogP contribution in [-0.4, -0.2) is 20.3 Å². The molecule has 0 saturated carbocycles. The lowest BCUT2D eigenvalue weighted by Crippen LogP contribution is -2.02. The highest BCUT2D eigenvalue weighted by Crippen LogP contribution is 2.38. The molecule has 0 bridgehead atoms. The van der Waals surface area contributed by atoms with Crippen LogP contribution in [0, 0.1) is 0 Å². The van der Waals surface area contributed by atoms with Crippen LogP contribution in [0.3, 0.4) is 0 Å². The van der Waals surface area contributed by atoms with Crippen LogP contribution < -0.4 is 15.2 Å². The maximum absolute atomic E-state index is 5.96. The Hall–Kier alpha value is -2.00. The van der Waals surface area contributed by atoms with Crippen LogP contribution in [-0.2, 0) is 0 Å². The number of ether oxygens (including phenoxy) is 2. The molecule has 2 rings (SSSR count). The summed E-state index contributed by atoms with van der Waals surface area (Å²) in [4.78, 5) is 0. The normalized spacial score (nSPS) is 10.4. The topological polar surface area (TPSA) is 44.5 Å². The minimum Gasteiger partial charge on any atom is -0.496 e. The standard InChI is InChI=1S/C18H23NO2/c1-20-16-11-8-12-17(21-14-7-3-6-13-19)18(16)15-9-4-2-5-10-15/h2,4-5,8-12H,3,6-7,13-14,19H2,1H3. The van der Waals surface area contributed by atoms with Gasteiger partial charge >= 0.3 is 0 Å². The molecule has 0 aromatic heterocycles. The van der Waals surface area contributed by atoms with E-state index in [0.717, 1.165) is 48.4 Å². The van der Waals surface area contributed by atoms with Gasteiger partial charge in [-0.1, -0.05) is 36.4 Å². The molecule has 0 saturated heterocycles. The van der Waals surface area contributed by atoms with Crippen molar-refractivity contribution in [3.63, 3.8) is 0 Å². The van der Waals surface area contributed by atoms with Gasteiger partial charge in [-0.3, -0.25) is 0 Å². The maximum atomic E-state index is 5.96. The summed E-state index contributed by atoms with van der Waals surface area (Å²) in [6, 6.07) is 16.1. The molecular weight excluding hydrogens is 262 g/mol. The molecule has 2 aromatic carbocycles. The summed E-state index contributed by atoms with van der Waals surface area (Å²) >= 11 is 0. The van der Waals surface area contributed by atoms with Gasteiger partial charge in [-0.05, 0) is 43.5 Å². The van der Waals surface area contributed by atoms with Gasteiger partial charge in [0.25, 0.3) is 0 Å². The number of benzene rings is 2. The molecule has 0 unspecified atom stereocenters. The predicted octanol–water partition coefficient (Wildman–Crippen LogP) is 3.87. The summed E-state index contributed by atoms with van der Waals surface area (Å²) in [5.74, 6) is 1.70. The molecule has 2 aromatic rings. The highest BCUT2D eigenvalue weighted by atomic mass is 16.5. The second-order valence-electron chi connectivity index (χ2n) is 4.90. The summed E-state index contributed by atoms with van der Waals surface area (Å²) in [5.41, 5.74) is 7.62. The molecule has 0 fully saturated rings. The van der Waals surface area contributed by atoms with E-state index in [9.17, 15) is 0 Å². The van der Waals surface area contributed by atoms with Crippen molar-refractivity contribution in [2.24, 2.45) is 5.73 Å². The average Bonchev–Trinajstić information content (AvgIpc) is 2.55. The second-order valence-corrected chi connectivity index (χ2v) is 4.90. The Bertz CT molecular complexity index is 540. The number of methoxy groups -OCH3 is 1. The zero-order valence-corrected chi connectivity index (χ0v) is 12.5. The van der Waals surface area contributed by atoms with Crippen molar-refractivity contribution < 1.29 is 9.47 Å². The fourth-order valence-electron chi connectivity index (χ4n) is 2.30.